The molecule has 0 aliphatic carbocycles. The lowest BCUT2D eigenvalue weighted by molar-refractivity contribution is 0.0663. The van der Waals surface area contributed by atoms with Crippen molar-refractivity contribution in [1.82, 2.24) is 9.88 Å². The lowest BCUT2D eigenvalue weighted by Gasteiger charge is -2.28. The van der Waals surface area contributed by atoms with E-state index in [2.05, 4.69) is 4.98 Å². The minimum absolute atomic E-state index is 0.0259. The topological polar surface area (TPSA) is 70.5 Å². The Kier molecular flexibility index (Phi) is 5.46. The average Bonchev–Trinajstić information content (AvgIpc) is 2.59. The quantitative estimate of drug-likeness (QED) is 0.889. The predicted octanol–water partition coefficient (Wildman–Crippen LogP) is 3.22. The summed E-state index contributed by atoms with van der Waals surface area (Å²) >= 11 is 0. The standard InChI is InChI=1S/C18H20N2O3/c1-3-13(2)20(12-14-8-5-4-6-9-14)17(21)15-10-7-11-16(19-15)18(22)23/h4-11,13H,3,12H2,1-2H3,(H,22,23). The molecule has 5 nitrogen and oxygen atoms in total. The summed E-state index contributed by atoms with van der Waals surface area (Å²) < 4.78 is 0. The fourth-order valence-corrected chi connectivity index (χ4v) is 2.25. The minimum atomic E-state index is -1.14. The molecule has 1 N–H and O–H groups in total. The zero-order valence-electron chi connectivity index (χ0n) is 13.3. The van der Waals surface area contributed by atoms with E-state index in [9.17, 15) is 9.59 Å². The molecule has 1 aromatic carbocycles. The van der Waals surface area contributed by atoms with Gasteiger partial charge >= 0.3 is 5.97 Å². The van der Waals surface area contributed by atoms with E-state index in [1.165, 1.54) is 6.07 Å². The molecule has 2 aromatic rings. The van der Waals surface area contributed by atoms with E-state index in [1.807, 2.05) is 44.2 Å². The maximum Gasteiger partial charge on any atom is 0.354 e. The van der Waals surface area contributed by atoms with Gasteiger partial charge in [0.1, 0.15) is 11.4 Å². The number of carboxylic acid groups (broad SMARTS) is 1. The number of carboxylic acids is 1. The Morgan fingerprint density at radius 2 is 1.74 bits per heavy atom. The molecule has 0 saturated carbocycles. The number of aromatic carboxylic acids is 1. The molecule has 0 bridgehead atoms. The Hall–Kier alpha value is -2.69. The Bertz CT molecular complexity index is 686. The van der Waals surface area contributed by atoms with Crippen molar-refractivity contribution in [2.45, 2.75) is 32.9 Å². The minimum Gasteiger partial charge on any atom is -0.477 e. The molecule has 23 heavy (non-hydrogen) atoms. The normalized spacial score (nSPS) is 11.7. The Balaban J connectivity index is 2.29. The highest BCUT2D eigenvalue weighted by Gasteiger charge is 2.22. The van der Waals surface area contributed by atoms with Gasteiger partial charge in [-0.2, -0.15) is 0 Å². The van der Waals surface area contributed by atoms with E-state index in [-0.39, 0.29) is 23.3 Å². The molecule has 0 spiro atoms. The maximum atomic E-state index is 12.8. The van der Waals surface area contributed by atoms with Gasteiger partial charge in [0, 0.05) is 12.6 Å². The summed E-state index contributed by atoms with van der Waals surface area (Å²) in [6.07, 6.45) is 0.803. The van der Waals surface area contributed by atoms with Crippen molar-refractivity contribution in [3.05, 3.63) is 65.5 Å². The largest absolute Gasteiger partial charge is 0.477 e. The number of carbonyl (C=O) groups is 2. The van der Waals surface area contributed by atoms with Gasteiger partial charge in [-0.05, 0) is 31.0 Å². The van der Waals surface area contributed by atoms with Crippen LogP contribution in [0.1, 0.15) is 46.8 Å². The molecule has 1 atom stereocenters. The third-order valence-corrected chi connectivity index (χ3v) is 3.77. The first kappa shape index (κ1) is 16.7. The number of hydrogen-bond acceptors (Lipinski definition) is 3. The van der Waals surface area contributed by atoms with Crippen LogP contribution in [0.4, 0.5) is 0 Å². The van der Waals surface area contributed by atoms with Gasteiger partial charge in [-0.3, -0.25) is 4.79 Å². The summed E-state index contributed by atoms with van der Waals surface area (Å²) in [6.45, 7) is 4.45. The van der Waals surface area contributed by atoms with Crippen molar-refractivity contribution < 1.29 is 14.7 Å². The molecule has 1 amide bonds. The second-order valence-corrected chi connectivity index (χ2v) is 5.39. The predicted molar refractivity (Wildman–Crippen MR) is 87.3 cm³/mol. The van der Waals surface area contributed by atoms with E-state index >= 15 is 0 Å². The van der Waals surface area contributed by atoms with E-state index in [4.69, 9.17) is 5.11 Å². The molecule has 5 heteroatoms. The fraction of sp³-hybridized carbons (Fsp3) is 0.278. The zero-order valence-corrected chi connectivity index (χ0v) is 13.3. The van der Waals surface area contributed by atoms with Crippen LogP contribution in [0.5, 0.6) is 0 Å². The maximum absolute atomic E-state index is 12.8. The monoisotopic (exact) mass is 312 g/mol. The number of hydrogen-bond donors (Lipinski definition) is 1. The molecule has 0 saturated heterocycles. The summed E-state index contributed by atoms with van der Waals surface area (Å²) in [7, 11) is 0. The van der Waals surface area contributed by atoms with Crippen molar-refractivity contribution in [3.63, 3.8) is 0 Å². The molecule has 0 radical (unpaired) electrons. The van der Waals surface area contributed by atoms with Gasteiger partial charge in [0.2, 0.25) is 0 Å². The molecule has 2 rings (SSSR count). The first-order valence-corrected chi connectivity index (χ1v) is 7.58. The van der Waals surface area contributed by atoms with Gasteiger partial charge < -0.3 is 10.0 Å². The van der Waals surface area contributed by atoms with Crippen molar-refractivity contribution in [2.24, 2.45) is 0 Å². The Morgan fingerprint density at radius 3 is 2.35 bits per heavy atom. The van der Waals surface area contributed by atoms with Crippen LogP contribution in [0, 0.1) is 0 Å². The smallest absolute Gasteiger partial charge is 0.354 e. The van der Waals surface area contributed by atoms with Crippen molar-refractivity contribution in [1.29, 1.82) is 0 Å². The molecule has 0 aliphatic rings. The van der Waals surface area contributed by atoms with Crippen LogP contribution in [0.15, 0.2) is 48.5 Å². The second kappa shape index (κ2) is 7.54. The molecule has 120 valence electrons. The van der Waals surface area contributed by atoms with Crippen LogP contribution in [0.3, 0.4) is 0 Å². The van der Waals surface area contributed by atoms with Gasteiger partial charge in [0.25, 0.3) is 5.91 Å². The summed E-state index contributed by atoms with van der Waals surface area (Å²) in [5.74, 6) is -1.40. The molecular weight excluding hydrogens is 292 g/mol. The summed E-state index contributed by atoms with van der Waals surface area (Å²) in [4.78, 5) is 29.5. The van der Waals surface area contributed by atoms with Gasteiger partial charge in [-0.15, -0.1) is 0 Å². The van der Waals surface area contributed by atoms with E-state index in [0.717, 1.165) is 12.0 Å². The fourth-order valence-electron chi connectivity index (χ4n) is 2.25. The number of rotatable bonds is 6. The number of aromatic nitrogens is 1. The lowest BCUT2D eigenvalue weighted by atomic mass is 10.1. The highest BCUT2D eigenvalue weighted by Crippen LogP contribution is 2.14. The first-order chi connectivity index (χ1) is 11.0. The molecule has 1 unspecified atom stereocenters. The first-order valence-electron chi connectivity index (χ1n) is 7.58. The second-order valence-electron chi connectivity index (χ2n) is 5.39. The van der Waals surface area contributed by atoms with Gasteiger partial charge in [-0.25, -0.2) is 9.78 Å². The van der Waals surface area contributed by atoms with Crippen molar-refractivity contribution in [2.75, 3.05) is 0 Å². The molecule has 1 heterocycles. The van der Waals surface area contributed by atoms with Crippen LogP contribution < -0.4 is 0 Å². The van der Waals surface area contributed by atoms with Crippen molar-refractivity contribution >= 4 is 11.9 Å². The number of pyridine rings is 1. The third kappa shape index (κ3) is 4.16. The number of benzene rings is 1. The molecule has 0 aliphatic heterocycles. The molecule has 0 fully saturated rings. The van der Waals surface area contributed by atoms with Gasteiger partial charge in [0.15, 0.2) is 0 Å². The number of amides is 1. The summed E-state index contributed by atoms with van der Waals surface area (Å²) in [5.41, 5.74) is 1.05. The van der Waals surface area contributed by atoms with E-state index in [0.29, 0.717) is 6.54 Å². The molecular formula is C18H20N2O3. The zero-order chi connectivity index (χ0) is 16.8. The Morgan fingerprint density at radius 1 is 1.09 bits per heavy atom. The Labute approximate surface area is 135 Å². The van der Waals surface area contributed by atoms with Gasteiger partial charge in [-0.1, -0.05) is 43.3 Å². The van der Waals surface area contributed by atoms with Crippen molar-refractivity contribution in [3.8, 4) is 0 Å². The highest BCUT2D eigenvalue weighted by atomic mass is 16.4. The van der Waals surface area contributed by atoms with E-state index in [1.54, 1.807) is 17.0 Å². The number of nitrogens with zero attached hydrogens (tertiary/aromatic N) is 2. The molecule has 1 aromatic heterocycles. The van der Waals surface area contributed by atoms with Crippen LogP contribution in [0.25, 0.3) is 0 Å². The highest BCUT2D eigenvalue weighted by molar-refractivity contribution is 5.94. The van der Waals surface area contributed by atoms with Crippen LogP contribution in [0.2, 0.25) is 0 Å². The number of carbonyl (C=O) groups excluding carboxylic acids is 1. The summed E-state index contributed by atoms with van der Waals surface area (Å²) in [6, 6.07) is 14.2. The van der Waals surface area contributed by atoms with E-state index < -0.39 is 5.97 Å². The SMILES string of the molecule is CCC(C)N(Cc1ccccc1)C(=O)c1cccc(C(=O)O)n1. The van der Waals surface area contributed by atoms with Gasteiger partial charge in [0.05, 0.1) is 0 Å². The average molecular weight is 312 g/mol. The summed E-state index contributed by atoms with van der Waals surface area (Å²) in [5, 5.41) is 9.03. The lowest BCUT2D eigenvalue weighted by Crippen LogP contribution is -2.38. The van der Waals surface area contributed by atoms with Crippen LogP contribution >= 0.6 is 0 Å². The third-order valence-electron chi connectivity index (χ3n) is 3.77. The van der Waals surface area contributed by atoms with Crippen LogP contribution in [-0.2, 0) is 6.54 Å². The van der Waals surface area contributed by atoms with Crippen LogP contribution in [-0.4, -0.2) is 32.9 Å².